The molecule has 0 aliphatic heterocycles. The summed E-state index contributed by atoms with van der Waals surface area (Å²) in [6.07, 6.45) is 7.41. The molecule has 3 rings (SSSR count). The van der Waals surface area contributed by atoms with Crippen LogP contribution in [0.2, 0.25) is 0 Å². The molecule has 2 aromatic carbocycles. The number of nitrogens with one attached hydrogen (secondary N) is 1. The number of rotatable bonds is 12. The van der Waals surface area contributed by atoms with Gasteiger partial charge in [0.05, 0.1) is 24.8 Å². The SMILES string of the molecule is COc1ccc(S(=O)(=O)N(CC(=O)NCCCSC2CCCCC2)c2cc(C)cc(C)c2)cc1OC. The number of carbonyl (C=O) groups excluding carboxylic acids is 1. The third-order valence-corrected chi connectivity index (χ3v) is 9.51. The van der Waals surface area contributed by atoms with Crippen LogP contribution in [0.1, 0.15) is 49.7 Å². The van der Waals surface area contributed by atoms with Gasteiger partial charge in [0.25, 0.3) is 10.0 Å². The van der Waals surface area contributed by atoms with Crippen molar-refractivity contribution in [1.82, 2.24) is 5.32 Å². The predicted octanol–water partition coefficient (Wildman–Crippen LogP) is 5.09. The van der Waals surface area contributed by atoms with Gasteiger partial charge in [0.15, 0.2) is 11.5 Å². The number of amides is 1. The average molecular weight is 535 g/mol. The van der Waals surface area contributed by atoms with Crippen molar-refractivity contribution < 1.29 is 22.7 Å². The Balaban J connectivity index is 1.73. The molecule has 0 radical (unpaired) electrons. The summed E-state index contributed by atoms with van der Waals surface area (Å²) in [6.45, 7) is 4.02. The maximum atomic E-state index is 13.8. The summed E-state index contributed by atoms with van der Waals surface area (Å²) in [5.41, 5.74) is 2.28. The first-order valence-corrected chi connectivity index (χ1v) is 14.9. The number of aryl methyl sites for hydroxylation is 2. The molecule has 2 aromatic rings. The molecule has 198 valence electrons. The molecule has 1 aliphatic carbocycles. The van der Waals surface area contributed by atoms with Gasteiger partial charge in [0, 0.05) is 17.9 Å². The second-order valence-electron chi connectivity index (χ2n) is 9.21. The van der Waals surface area contributed by atoms with Crippen LogP contribution in [0.5, 0.6) is 11.5 Å². The van der Waals surface area contributed by atoms with Crippen molar-refractivity contribution in [2.75, 3.05) is 37.4 Å². The van der Waals surface area contributed by atoms with Gasteiger partial charge in [-0.05, 0) is 74.3 Å². The predicted molar refractivity (Wildman–Crippen MR) is 147 cm³/mol. The minimum atomic E-state index is -4.06. The van der Waals surface area contributed by atoms with Crippen LogP contribution in [0.4, 0.5) is 5.69 Å². The molecule has 0 bridgehead atoms. The van der Waals surface area contributed by atoms with E-state index in [1.807, 2.05) is 31.7 Å². The Labute approximate surface area is 220 Å². The minimum absolute atomic E-state index is 0.0241. The quantitative estimate of drug-likeness (QED) is 0.382. The molecule has 1 N–H and O–H groups in total. The Morgan fingerprint density at radius 2 is 1.67 bits per heavy atom. The smallest absolute Gasteiger partial charge is 0.264 e. The van der Waals surface area contributed by atoms with E-state index in [9.17, 15) is 13.2 Å². The van der Waals surface area contributed by atoms with E-state index in [2.05, 4.69) is 5.32 Å². The molecule has 0 aromatic heterocycles. The molecule has 9 heteroatoms. The van der Waals surface area contributed by atoms with E-state index in [1.165, 1.54) is 62.8 Å². The number of anilines is 1. The Hall–Kier alpha value is -2.39. The number of nitrogens with zero attached hydrogens (tertiary/aromatic N) is 1. The van der Waals surface area contributed by atoms with E-state index < -0.39 is 10.0 Å². The molecule has 0 heterocycles. The molecule has 0 unspecified atom stereocenters. The lowest BCUT2D eigenvalue weighted by Crippen LogP contribution is -2.41. The van der Waals surface area contributed by atoms with Gasteiger partial charge in [-0.2, -0.15) is 11.8 Å². The molecular formula is C27H38N2O5S2. The number of methoxy groups -OCH3 is 2. The zero-order valence-electron chi connectivity index (χ0n) is 21.7. The molecule has 0 saturated heterocycles. The van der Waals surface area contributed by atoms with Crippen LogP contribution >= 0.6 is 11.8 Å². The molecule has 36 heavy (non-hydrogen) atoms. The van der Waals surface area contributed by atoms with Crippen LogP contribution < -0.4 is 19.1 Å². The molecule has 7 nitrogen and oxygen atoms in total. The zero-order valence-corrected chi connectivity index (χ0v) is 23.3. The second-order valence-corrected chi connectivity index (χ2v) is 12.5. The summed E-state index contributed by atoms with van der Waals surface area (Å²) in [5.74, 6) is 1.40. The van der Waals surface area contributed by atoms with Gasteiger partial charge < -0.3 is 14.8 Å². The Kier molecular flexibility index (Phi) is 10.4. The molecular weight excluding hydrogens is 496 g/mol. The van der Waals surface area contributed by atoms with Gasteiger partial charge in [-0.25, -0.2) is 8.42 Å². The largest absolute Gasteiger partial charge is 0.493 e. The lowest BCUT2D eigenvalue weighted by atomic mass is 10.0. The van der Waals surface area contributed by atoms with Crippen molar-refractivity contribution >= 4 is 33.4 Å². The fraction of sp³-hybridized carbons (Fsp3) is 0.519. The van der Waals surface area contributed by atoms with E-state index >= 15 is 0 Å². The van der Waals surface area contributed by atoms with E-state index in [4.69, 9.17) is 9.47 Å². The fourth-order valence-electron chi connectivity index (χ4n) is 4.48. The third kappa shape index (κ3) is 7.56. The second kappa shape index (κ2) is 13.2. The number of carbonyl (C=O) groups is 1. The van der Waals surface area contributed by atoms with Crippen LogP contribution in [-0.4, -0.2) is 52.6 Å². The van der Waals surface area contributed by atoms with E-state index in [0.29, 0.717) is 23.7 Å². The number of thioether (sulfide) groups is 1. The standard InChI is InChI=1S/C27H38N2O5S2/c1-20-15-21(2)17-22(16-20)29(36(31,32)24-11-12-25(33-3)26(18-24)34-4)19-27(30)28-13-8-14-35-23-9-6-5-7-10-23/h11-12,15-18,23H,5-10,13-14,19H2,1-4H3,(H,28,30). The highest BCUT2D eigenvalue weighted by Crippen LogP contribution is 2.33. The van der Waals surface area contributed by atoms with Gasteiger partial charge >= 0.3 is 0 Å². The van der Waals surface area contributed by atoms with E-state index in [1.54, 1.807) is 18.2 Å². The first-order valence-electron chi connectivity index (χ1n) is 12.5. The van der Waals surface area contributed by atoms with E-state index in [-0.39, 0.29) is 17.3 Å². The zero-order chi connectivity index (χ0) is 26.1. The van der Waals surface area contributed by atoms with Crippen molar-refractivity contribution in [3.05, 3.63) is 47.5 Å². The lowest BCUT2D eigenvalue weighted by Gasteiger charge is -2.25. The highest BCUT2D eigenvalue weighted by molar-refractivity contribution is 7.99. The third-order valence-electron chi connectivity index (χ3n) is 6.27. The first kappa shape index (κ1) is 28.2. The van der Waals surface area contributed by atoms with Crippen molar-refractivity contribution in [2.45, 2.75) is 62.5 Å². The summed E-state index contributed by atoms with van der Waals surface area (Å²) in [7, 11) is -1.11. The molecule has 1 fully saturated rings. The summed E-state index contributed by atoms with van der Waals surface area (Å²) >= 11 is 1.99. The summed E-state index contributed by atoms with van der Waals surface area (Å²) in [4.78, 5) is 12.9. The van der Waals surface area contributed by atoms with Crippen LogP contribution in [0.3, 0.4) is 0 Å². The monoisotopic (exact) mass is 534 g/mol. The molecule has 1 aliphatic rings. The van der Waals surface area contributed by atoms with Gasteiger partial charge in [0.2, 0.25) is 5.91 Å². The Bertz CT molecular complexity index is 1110. The Morgan fingerprint density at radius 3 is 2.31 bits per heavy atom. The van der Waals surface area contributed by atoms with Gasteiger partial charge in [-0.15, -0.1) is 0 Å². The van der Waals surface area contributed by atoms with Crippen molar-refractivity contribution in [2.24, 2.45) is 0 Å². The molecule has 1 saturated carbocycles. The van der Waals surface area contributed by atoms with Crippen LogP contribution in [-0.2, 0) is 14.8 Å². The maximum Gasteiger partial charge on any atom is 0.264 e. The molecule has 0 spiro atoms. The van der Waals surface area contributed by atoms with Crippen molar-refractivity contribution in [3.63, 3.8) is 0 Å². The van der Waals surface area contributed by atoms with Crippen molar-refractivity contribution in [3.8, 4) is 11.5 Å². The number of benzene rings is 2. The number of sulfonamides is 1. The number of ether oxygens (including phenoxy) is 2. The summed E-state index contributed by atoms with van der Waals surface area (Å²) < 4.78 is 39.2. The van der Waals surface area contributed by atoms with Crippen molar-refractivity contribution in [1.29, 1.82) is 0 Å². The topological polar surface area (TPSA) is 84.9 Å². The Morgan fingerprint density at radius 1 is 1.00 bits per heavy atom. The highest BCUT2D eigenvalue weighted by Gasteiger charge is 2.28. The van der Waals surface area contributed by atoms with Gasteiger partial charge in [0.1, 0.15) is 6.54 Å². The number of hydrogen-bond acceptors (Lipinski definition) is 6. The average Bonchev–Trinajstić information content (AvgIpc) is 2.86. The molecule has 1 amide bonds. The normalized spacial score (nSPS) is 14.3. The van der Waals surface area contributed by atoms with E-state index in [0.717, 1.165) is 28.6 Å². The first-order chi connectivity index (χ1) is 17.2. The van der Waals surface area contributed by atoms with Crippen LogP contribution in [0.25, 0.3) is 0 Å². The van der Waals surface area contributed by atoms with Gasteiger partial charge in [-0.3, -0.25) is 9.10 Å². The molecule has 0 atom stereocenters. The lowest BCUT2D eigenvalue weighted by molar-refractivity contribution is -0.119. The number of hydrogen-bond donors (Lipinski definition) is 1. The fourth-order valence-corrected chi connectivity index (χ4v) is 7.21. The summed E-state index contributed by atoms with van der Waals surface area (Å²) in [6, 6.07) is 9.96. The highest BCUT2D eigenvalue weighted by atomic mass is 32.2. The maximum absolute atomic E-state index is 13.8. The van der Waals surface area contributed by atoms with Crippen LogP contribution in [0, 0.1) is 13.8 Å². The van der Waals surface area contributed by atoms with Crippen LogP contribution in [0.15, 0.2) is 41.3 Å². The summed E-state index contributed by atoms with van der Waals surface area (Å²) in [5, 5.41) is 3.65. The minimum Gasteiger partial charge on any atom is -0.493 e. The van der Waals surface area contributed by atoms with Gasteiger partial charge in [-0.1, -0.05) is 25.3 Å².